The number of aliphatic imine (C=N–C) groups is 1. The molecule has 1 heterocycles. The first-order chi connectivity index (χ1) is 22.5. The van der Waals surface area contributed by atoms with E-state index in [9.17, 15) is 31.6 Å². The van der Waals surface area contributed by atoms with Crippen molar-refractivity contribution in [1.29, 1.82) is 10.7 Å². The molecule has 0 aliphatic heterocycles. The second-order valence-electron chi connectivity index (χ2n) is 10.2. The fourth-order valence-electron chi connectivity index (χ4n) is 5.66. The van der Waals surface area contributed by atoms with E-state index >= 15 is 0 Å². The van der Waals surface area contributed by atoms with Crippen molar-refractivity contribution in [2.24, 2.45) is 4.99 Å². The van der Waals surface area contributed by atoms with Gasteiger partial charge in [-0.25, -0.2) is 9.97 Å². The molecule has 2 aliphatic carbocycles. The number of nitriles is 1. The molecule has 0 unspecified atom stereocenters. The van der Waals surface area contributed by atoms with Crippen LogP contribution < -0.4 is 9.47 Å². The summed E-state index contributed by atoms with van der Waals surface area (Å²) < 4.78 is 84.7. The first-order valence-electron chi connectivity index (χ1n) is 13.7. The number of aromatic nitrogens is 2. The molecule has 4 aromatic carbocycles. The van der Waals surface area contributed by atoms with Crippen LogP contribution in [0.4, 0.5) is 26.3 Å². The molecule has 1 N–H and O–H groups in total. The average molecular weight is 644 g/mol. The summed E-state index contributed by atoms with van der Waals surface area (Å²) in [5.41, 5.74) is 7.66. The smallest absolute Gasteiger partial charge is 0.406 e. The molecule has 0 atom stereocenters. The lowest BCUT2D eigenvalue weighted by Gasteiger charge is -2.11. The molecule has 0 saturated carbocycles. The van der Waals surface area contributed by atoms with Crippen LogP contribution in [-0.4, -0.2) is 35.1 Å². The molecule has 0 amide bonds. The van der Waals surface area contributed by atoms with Crippen molar-refractivity contribution in [2.75, 3.05) is 0 Å². The number of hydrogen-bond donors (Lipinski definition) is 1. The van der Waals surface area contributed by atoms with Crippen LogP contribution in [0.2, 0.25) is 0 Å². The zero-order valence-electron chi connectivity index (χ0n) is 23.9. The van der Waals surface area contributed by atoms with Crippen LogP contribution in [0.1, 0.15) is 22.5 Å². The Morgan fingerprint density at radius 1 is 0.660 bits per heavy atom. The number of fused-ring (bicyclic) bond motifs is 6. The van der Waals surface area contributed by atoms with Crippen molar-refractivity contribution in [2.45, 2.75) is 19.1 Å². The topological polar surface area (TPSA) is 104 Å². The number of rotatable bonds is 4. The van der Waals surface area contributed by atoms with Crippen LogP contribution in [0.3, 0.4) is 0 Å². The second kappa shape index (κ2) is 11.7. The van der Waals surface area contributed by atoms with E-state index in [1.165, 1.54) is 36.4 Å². The summed E-state index contributed by atoms with van der Waals surface area (Å²) in [4.78, 5) is 13.8. The molecule has 0 spiro atoms. The summed E-state index contributed by atoms with van der Waals surface area (Å²) in [5.74, 6) is -0.685. The Labute approximate surface area is 262 Å². The maximum atomic E-state index is 12.8. The van der Waals surface area contributed by atoms with E-state index in [1.807, 2.05) is 18.3 Å². The van der Waals surface area contributed by atoms with Gasteiger partial charge in [0.25, 0.3) is 0 Å². The van der Waals surface area contributed by atoms with E-state index in [4.69, 9.17) is 15.4 Å². The SMILES string of the molecule is C=N.N#CN=C1c2cc(-c3cccc(OC(F)(F)F)c3)ccc2-c2nc3c(nc21)-c1ccc(-c2cccc(OC(F)(F)F)c2)cc1C3. The normalized spacial score (nSPS) is 13.4. The lowest BCUT2D eigenvalue weighted by molar-refractivity contribution is -0.275. The fourth-order valence-corrected chi connectivity index (χ4v) is 5.66. The van der Waals surface area contributed by atoms with Gasteiger partial charge in [-0.1, -0.05) is 54.6 Å². The van der Waals surface area contributed by atoms with Gasteiger partial charge in [-0.15, -0.1) is 26.3 Å². The number of ether oxygens (including phenoxy) is 2. The minimum atomic E-state index is -4.83. The van der Waals surface area contributed by atoms with Gasteiger partial charge in [-0.05, 0) is 64.9 Å². The molecule has 0 saturated heterocycles. The summed E-state index contributed by atoms with van der Waals surface area (Å²) in [6.07, 6.45) is -7.41. The highest BCUT2D eigenvalue weighted by Crippen LogP contribution is 2.43. The molecule has 13 heteroatoms. The van der Waals surface area contributed by atoms with Gasteiger partial charge in [0.2, 0.25) is 6.19 Å². The Kier molecular flexibility index (Phi) is 7.72. The summed E-state index contributed by atoms with van der Waals surface area (Å²) in [5, 5.41) is 15.0. The second-order valence-corrected chi connectivity index (χ2v) is 10.2. The number of nitrogens with one attached hydrogen (secondary N) is 1. The Morgan fingerprint density at radius 2 is 1.21 bits per heavy atom. The van der Waals surface area contributed by atoms with Crippen LogP contribution in [-0.2, 0) is 6.42 Å². The minimum Gasteiger partial charge on any atom is -0.406 e. The lowest BCUT2D eigenvalue weighted by Crippen LogP contribution is -2.17. The third-order valence-electron chi connectivity index (χ3n) is 7.40. The van der Waals surface area contributed by atoms with Gasteiger partial charge in [0, 0.05) is 23.1 Å². The molecule has 7 nitrogen and oxygen atoms in total. The summed E-state index contributed by atoms with van der Waals surface area (Å²) in [6, 6.07) is 22.0. The number of halogens is 6. The van der Waals surface area contributed by atoms with Crippen LogP contribution in [0.25, 0.3) is 44.8 Å². The zero-order valence-corrected chi connectivity index (χ0v) is 23.9. The molecular formula is C34H19F6N5O2. The number of hydrogen-bond acceptors (Lipinski definition) is 7. The molecule has 1 aromatic heterocycles. The van der Waals surface area contributed by atoms with Crippen LogP contribution in [0, 0.1) is 16.9 Å². The average Bonchev–Trinajstić information content (AvgIpc) is 3.53. The standard InChI is InChI=1S/C33H16F6N4O2.CH3N/c34-32(35,36)44-22-5-1-3-17(12-22)19-7-9-24-21(11-19)15-27-28(24)43-31-29(41-16-40)26-14-20(8-10-25(26)30(31)42-27)18-4-2-6-23(13-18)45-33(37,38)39;1-2/h1-14H,15H2;2H,1H2. The highest BCUT2D eigenvalue weighted by molar-refractivity contribution is 6.23. The van der Waals surface area contributed by atoms with Gasteiger partial charge < -0.3 is 14.9 Å². The Balaban J connectivity index is 0.00000190. The molecule has 47 heavy (non-hydrogen) atoms. The van der Waals surface area contributed by atoms with Crippen molar-refractivity contribution < 1.29 is 35.8 Å². The summed E-state index contributed by atoms with van der Waals surface area (Å²) in [7, 11) is 0. The monoisotopic (exact) mass is 643 g/mol. The third kappa shape index (κ3) is 6.13. The van der Waals surface area contributed by atoms with E-state index in [2.05, 4.69) is 21.2 Å². The van der Waals surface area contributed by atoms with Crippen molar-refractivity contribution in [3.63, 3.8) is 0 Å². The van der Waals surface area contributed by atoms with E-state index in [1.54, 1.807) is 36.4 Å². The van der Waals surface area contributed by atoms with E-state index in [0.717, 1.165) is 11.1 Å². The Bertz CT molecular complexity index is 2120. The highest BCUT2D eigenvalue weighted by Gasteiger charge is 2.34. The number of benzene rings is 4. The van der Waals surface area contributed by atoms with Gasteiger partial charge in [0.15, 0.2) is 0 Å². The van der Waals surface area contributed by atoms with E-state index < -0.39 is 12.7 Å². The highest BCUT2D eigenvalue weighted by atomic mass is 19.4. The Morgan fingerprint density at radius 3 is 1.79 bits per heavy atom. The molecule has 0 radical (unpaired) electrons. The molecular weight excluding hydrogens is 624 g/mol. The fraction of sp³-hybridized carbons (Fsp3) is 0.0882. The van der Waals surface area contributed by atoms with E-state index in [0.29, 0.717) is 62.6 Å². The molecule has 234 valence electrons. The third-order valence-corrected chi connectivity index (χ3v) is 7.40. The first kappa shape index (κ1) is 31.0. The van der Waals surface area contributed by atoms with Crippen molar-refractivity contribution in [1.82, 2.24) is 9.97 Å². The number of alkyl halides is 6. The first-order valence-corrected chi connectivity index (χ1v) is 13.7. The largest absolute Gasteiger partial charge is 0.573 e. The minimum absolute atomic E-state index is 0.286. The van der Waals surface area contributed by atoms with Crippen LogP contribution in [0.5, 0.6) is 11.5 Å². The maximum absolute atomic E-state index is 12.8. The van der Waals surface area contributed by atoms with Crippen LogP contribution >= 0.6 is 0 Å². The zero-order chi connectivity index (χ0) is 33.5. The summed E-state index contributed by atoms with van der Waals surface area (Å²) >= 11 is 0. The maximum Gasteiger partial charge on any atom is 0.573 e. The van der Waals surface area contributed by atoms with E-state index in [-0.39, 0.29) is 17.2 Å². The number of nitrogens with zero attached hydrogens (tertiary/aromatic N) is 4. The van der Waals surface area contributed by atoms with Gasteiger partial charge >= 0.3 is 12.7 Å². The van der Waals surface area contributed by atoms with Gasteiger partial charge in [-0.3, -0.25) is 0 Å². The summed E-state index contributed by atoms with van der Waals surface area (Å²) in [6.45, 7) is 2.50. The Hall–Kier alpha value is -6.03. The lowest BCUT2D eigenvalue weighted by atomic mass is 9.99. The molecule has 5 aromatic rings. The van der Waals surface area contributed by atoms with Gasteiger partial charge in [-0.2, -0.15) is 10.3 Å². The molecule has 0 bridgehead atoms. The predicted octanol–water partition coefficient (Wildman–Crippen LogP) is 8.74. The molecule has 7 rings (SSSR count). The molecule has 0 fully saturated rings. The quantitative estimate of drug-likeness (QED) is 0.117. The van der Waals surface area contributed by atoms with Gasteiger partial charge in [0.05, 0.1) is 17.1 Å². The van der Waals surface area contributed by atoms with Crippen molar-refractivity contribution in [3.8, 4) is 62.5 Å². The van der Waals surface area contributed by atoms with Crippen LogP contribution in [0.15, 0.2) is 89.9 Å². The van der Waals surface area contributed by atoms with Crippen molar-refractivity contribution >= 4 is 12.4 Å². The van der Waals surface area contributed by atoms with Crippen molar-refractivity contribution in [3.05, 3.63) is 107 Å². The predicted molar refractivity (Wildman–Crippen MR) is 161 cm³/mol. The van der Waals surface area contributed by atoms with Gasteiger partial charge in [0.1, 0.15) is 22.9 Å². The molecule has 2 aliphatic rings.